The number of hydrogen-bond acceptors (Lipinski definition) is 4. The zero-order valence-corrected chi connectivity index (χ0v) is 15.3. The first kappa shape index (κ1) is 18.5. The van der Waals surface area contributed by atoms with Crippen LogP contribution in [0.25, 0.3) is 11.4 Å². The molecule has 0 spiro atoms. The summed E-state index contributed by atoms with van der Waals surface area (Å²) in [5.74, 6) is 1.43. The van der Waals surface area contributed by atoms with Crippen LogP contribution in [0.3, 0.4) is 0 Å². The van der Waals surface area contributed by atoms with Gasteiger partial charge in [0.1, 0.15) is 6.04 Å². The number of hydrogen-bond donors (Lipinski definition) is 1. The van der Waals surface area contributed by atoms with Gasteiger partial charge in [-0.15, -0.1) is 0 Å². The standard InChI is InChI=1S/C18H24ClN3O2/c1-5-12(4)16(20-15(23)10-11(2)3)18-21-17(22-24-18)13-6-8-14(19)9-7-13/h6-9,11-12,16H,5,10H2,1-4H3,(H,20,23)/t12-,16-/m1/s1. The molecule has 0 saturated heterocycles. The molecule has 1 heterocycles. The van der Waals surface area contributed by atoms with E-state index in [4.69, 9.17) is 16.1 Å². The average Bonchev–Trinajstić information content (AvgIpc) is 3.01. The summed E-state index contributed by atoms with van der Waals surface area (Å²) in [6.45, 7) is 8.17. The topological polar surface area (TPSA) is 68.0 Å². The number of nitrogens with zero attached hydrogens (tertiary/aromatic N) is 2. The lowest BCUT2D eigenvalue weighted by molar-refractivity contribution is -0.123. The van der Waals surface area contributed by atoms with Gasteiger partial charge < -0.3 is 9.84 Å². The van der Waals surface area contributed by atoms with E-state index >= 15 is 0 Å². The summed E-state index contributed by atoms with van der Waals surface area (Å²) < 4.78 is 5.43. The molecule has 6 heteroatoms. The molecule has 0 aliphatic rings. The number of aromatic nitrogens is 2. The van der Waals surface area contributed by atoms with Crippen LogP contribution in [0.4, 0.5) is 0 Å². The molecule has 5 nitrogen and oxygen atoms in total. The van der Waals surface area contributed by atoms with Crippen LogP contribution < -0.4 is 5.32 Å². The Morgan fingerprint density at radius 3 is 2.50 bits per heavy atom. The highest BCUT2D eigenvalue weighted by molar-refractivity contribution is 6.30. The van der Waals surface area contributed by atoms with E-state index in [0.29, 0.717) is 29.1 Å². The van der Waals surface area contributed by atoms with Gasteiger partial charge in [-0.1, -0.05) is 50.9 Å². The highest BCUT2D eigenvalue weighted by atomic mass is 35.5. The second kappa shape index (κ2) is 8.29. The highest BCUT2D eigenvalue weighted by Gasteiger charge is 2.26. The van der Waals surface area contributed by atoms with Crippen molar-refractivity contribution in [2.75, 3.05) is 0 Å². The van der Waals surface area contributed by atoms with Crippen LogP contribution in [-0.2, 0) is 4.79 Å². The molecule has 130 valence electrons. The molecule has 1 amide bonds. The number of carbonyl (C=O) groups is 1. The van der Waals surface area contributed by atoms with E-state index in [9.17, 15) is 4.79 Å². The highest BCUT2D eigenvalue weighted by Crippen LogP contribution is 2.26. The van der Waals surface area contributed by atoms with Crippen molar-refractivity contribution < 1.29 is 9.32 Å². The van der Waals surface area contributed by atoms with Gasteiger partial charge in [0.15, 0.2) is 0 Å². The molecule has 0 radical (unpaired) electrons. The van der Waals surface area contributed by atoms with Crippen LogP contribution in [0.15, 0.2) is 28.8 Å². The van der Waals surface area contributed by atoms with Crippen LogP contribution in [0.1, 0.15) is 52.5 Å². The van der Waals surface area contributed by atoms with Crippen molar-refractivity contribution in [3.63, 3.8) is 0 Å². The van der Waals surface area contributed by atoms with Gasteiger partial charge in [-0.05, 0) is 36.1 Å². The summed E-state index contributed by atoms with van der Waals surface area (Å²) in [5.41, 5.74) is 0.825. The molecule has 1 aromatic heterocycles. The maximum absolute atomic E-state index is 12.2. The Labute approximate surface area is 147 Å². The predicted octanol–water partition coefficient (Wildman–Crippen LogP) is 4.64. The lowest BCUT2D eigenvalue weighted by Gasteiger charge is -2.21. The van der Waals surface area contributed by atoms with Crippen molar-refractivity contribution in [2.24, 2.45) is 11.8 Å². The summed E-state index contributed by atoms with van der Waals surface area (Å²) >= 11 is 5.90. The van der Waals surface area contributed by atoms with Crippen molar-refractivity contribution in [1.82, 2.24) is 15.5 Å². The van der Waals surface area contributed by atoms with E-state index < -0.39 is 0 Å². The number of halogens is 1. The van der Waals surface area contributed by atoms with Gasteiger partial charge in [-0.2, -0.15) is 4.98 Å². The zero-order valence-electron chi connectivity index (χ0n) is 14.5. The van der Waals surface area contributed by atoms with Gasteiger partial charge >= 0.3 is 0 Å². The van der Waals surface area contributed by atoms with Gasteiger partial charge in [0.2, 0.25) is 17.6 Å². The van der Waals surface area contributed by atoms with Crippen LogP contribution in [0, 0.1) is 11.8 Å². The maximum atomic E-state index is 12.2. The van der Waals surface area contributed by atoms with E-state index in [1.54, 1.807) is 12.1 Å². The molecule has 0 bridgehead atoms. The summed E-state index contributed by atoms with van der Waals surface area (Å²) in [4.78, 5) is 16.6. The summed E-state index contributed by atoms with van der Waals surface area (Å²) in [6, 6.07) is 6.96. The van der Waals surface area contributed by atoms with Crippen molar-refractivity contribution >= 4 is 17.5 Å². The third kappa shape index (κ3) is 4.81. The Morgan fingerprint density at radius 1 is 1.25 bits per heavy atom. The van der Waals surface area contributed by atoms with Gasteiger partial charge in [-0.25, -0.2) is 0 Å². The summed E-state index contributed by atoms with van der Waals surface area (Å²) in [5, 5.41) is 7.73. The number of nitrogens with one attached hydrogen (secondary N) is 1. The Bertz CT molecular complexity index is 667. The lowest BCUT2D eigenvalue weighted by Crippen LogP contribution is -2.33. The van der Waals surface area contributed by atoms with Crippen LogP contribution in [0.2, 0.25) is 5.02 Å². The molecule has 0 saturated carbocycles. The molecule has 0 aliphatic carbocycles. The quantitative estimate of drug-likeness (QED) is 0.790. The Balaban J connectivity index is 2.21. The van der Waals surface area contributed by atoms with Gasteiger partial charge in [0.25, 0.3) is 0 Å². The molecular weight excluding hydrogens is 326 g/mol. The lowest BCUT2D eigenvalue weighted by atomic mass is 9.98. The summed E-state index contributed by atoms with van der Waals surface area (Å²) in [7, 11) is 0. The first-order valence-electron chi connectivity index (χ1n) is 8.29. The fraction of sp³-hybridized carbons (Fsp3) is 0.500. The van der Waals surface area contributed by atoms with Gasteiger partial charge in [0.05, 0.1) is 0 Å². The van der Waals surface area contributed by atoms with E-state index in [0.717, 1.165) is 12.0 Å². The first-order valence-corrected chi connectivity index (χ1v) is 8.67. The Kier molecular flexibility index (Phi) is 6.37. The molecule has 0 unspecified atom stereocenters. The van der Waals surface area contributed by atoms with E-state index in [-0.39, 0.29) is 17.9 Å². The minimum atomic E-state index is -0.283. The molecule has 1 N–H and O–H groups in total. The third-order valence-electron chi connectivity index (χ3n) is 3.93. The van der Waals surface area contributed by atoms with Gasteiger partial charge in [0, 0.05) is 17.0 Å². The smallest absolute Gasteiger partial charge is 0.249 e. The first-order chi connectivity index (χ1) is 11.4. The van der Waals surface area contributed by atoms with Crippen LogP contribution in [-0.4, -0.2) is 16.0 Å². The van der Waals surface area contributed by atoms with Crippen LogP contribution >= 0.6 is 11.6 Å². The molecule has 0 aliphatic heterocycles. The summed E-state index contributed by atoms with van der Waals surface area (Å²) in [6.07, 6.45) is 1.37. The number of benzene rings is 1. The monoisotopic (exact) mass is 349 g/mol. The minimum Gasteiger partial charge on any atom is -0.344 e. The van der Waals surface area contributed by atoms with E-state index in [2.05, 4.69) is 29.3 Å². The van der Waals surface area contributed by atoms with E-state index in [1.165, 1.54) is 0 Å². The predicted molar refractivity (Wildman–Crippen MR) is 94.5 cm³/mol. The largest absolute Gasteiger partial charge is 0.344 e. The normalized spacial score (nSPS) is 13.8. The average molecular weight is 350 g/mol. The fourth-order valence-electron chi connectivity index (χ4n) is 2.36. The fourth-order valence-corrected chi connectivity index (χ4v) is 2.49. The Morgan fingerprint density at radius 2 is 1.92 bits per heavy atom. The SMILES string of the molecule is CC[C@@H](C)[C@@H](NC(=O)CC(C)C)c1nc(-c2ccc(Cl)cc2)no1. The molecule has 2 atom stereocenters. The van der Waals surface area contributed by atoms with Gasteiger partial charge in [-0.3, -0.25) is 4.79 Å². The second-order valence-electron chi connectivity index (χ2n) is 6.49. The minimum absolute atomic E-state index is 0.00143. The molecule has 2 aromatic rings. The number of carbonyl (C=O) groups excluding carboxylic acids is 1. The molecular formula is C18H24ClN3O2. The van der Waals surface area contributed by atoms with E-state index in [1.807, 2.05) is 26.0 Å². The van der Waals surface area contributed by atoms with Crippen molar-refractivity contribution in [2.45, 2.75) is 46.6 Å². The molecule has 24 heavy (non-hydrogen) atoms. The number of amides is 1. The van der Waals surface area contributed by atoms with Crippen molar-refractivity contribution in [3.05, 3.63) is 35.2 Å². The molecule has 2 rings (SSSR count). The van der Waals surface area contributed by atoms with Crippen molar-refractivity contribution in [3.8, 4) is 11.4 Å². The molecule has 1 aromatic carbocycles. The molecule has 0 fully saturated rings. The third-order valence-corrected chi connectivity index (χ3v) is 4.19. The number of rotatable bonds is 7. The maximum Gasteiger partial charge on any atom is 0.249 e. The van der Waals surface area contributed by atoms with Crippen LogP contribution in [0.5, 0.6) is 0 Å². The second-order valence-corrected chi connectivity index (χ2v) is 6.93. The van der Waals surface area contributed by atoms with Crippen molar-refractivity contribution in [1.29, 1.82) is 0 Å². The Hall–Kier alpha value is -1.88. The zero-order chi connectivity index (χ0) is 17.7.